The van der Waals surface area contributed by atoms with Gasteiger partial charge in [-0.15, -0.1) is 0 Å². The van der Waals surface area contributed by atoms with Gasteiger partial charge in [0.1, 0.15) is 36.6 Å². The first-order chi connectivity index (χ1) is 40.9. The standard InChI is InChI=1S/C67H83N3O13Si3/c1-46(71)77-59-56(45-76-85(66(7,8)9,51-36-24-16-25-37-51)52-38-26-17-27-39-52)81-64(62(79-48(3)73)61(59)83-86(67(10,11)12,53-40-28-18-29-41-53)54-42-30-19-31-43-54)82-58-55(80-63(74-13)57(69-70-68)60(58)78-47(2)72)44-75-84(65(4,5)6,49-32-20-14-21-33-49)50-34-22-15-23-35-50/h14-43,55-64H,44-45H2,1-13H3/t55-,56-,57-,58-,59+,60-,61+,62-,63-,64+/m1/s1. The molecule has 2 fully saturated rings. The molecule has 2 saturated heterocycles. The molecule has 0 saturated carbocycles. The minimum Gasteiger partial charge on any atom is -0.459 e. The van der Waals surface area contributed by atoms with Crippen molar-refractivity contribution in [2.75, 3.05) is 20.3 Å². The molecule has 6 aromatic carbocycles. The van der Waals surface area contributed by atoms with E-state index in [0.717, 1.165) is 31.1 Å². The Morgan fingerprint density at radius 2 is 0.744 bits per heavy atom. The van der Waals surface area contributed by atoms with Crippen LogP contribution in [0.2, 0.25) is 15.1 Å². The minimum atomic E-state index is -3.74. The van der Waals surface area contributed by atoms with Crippen LogP contribution in [0.4, 0.5) is 0 Å². The van der Waals surface area contributed by atoms with Crippen LogP contribution in [0, 0.1) is 0 Å². The molecule has 19 heteroatoms. The Balaban J connectivity index is 1.38. The second-order valence-electron chi connectivity index (χ2n) is 25.0. The topological polar surface area (TPSA) is 192 Å². The van der Waals surface area contributed by atoms with Crippen LogP contribution in [0.15, 0.2) is 187 Å². The van der Waals surface area contributed by atoms with Crippen LogP contribution in [-0.4, -0.2) is 125 Å². The summed E-state index contributed by atoms with van der Waals surface area (Å²) in [6.07, 6.45) is -12.5. The highest BCUT2D eigenvalue weighted by Gasteiger charge is 2.62. The highest BCUT2D eigenvalue weighted by Crippen LogP contribution is 2.44. The molecule has 6 aromatic rings. The van der Waals surface area contributed by atoms with E-state index < -0.39 is 119 Å². The van der Waals surface area contributed by atoms with Crippen LogP contribution >= 0.6 is 0 Å². The SMILES string of the molecule is CO[C@@H]1O[C@H](CO[Si](c2ccccc2)(c2ccccc2)C(C)(C)C)[C@@H](O[C@@H]2O[C@H](CO[Si](c3ccccc3)(c3ccccc3)C(C)(C)C)[C@H](OC(C)=O)[C@H](O[Si](c3ccccc3)(c3ccccc3)C(C)(C)C)[C@H]2OC(C)=O)[C@H](OC(C)=O)[C@H]1N=[N+]=[N-]. The van der Waals surface area contributed by atoms with Gasteiger partial charge in [0.15, 0.2) is 24.8 Å². The van der Waals surface area contributed by atoms with Crippen molar-refractivity contribution in [1.82, 2.24) is 0 Å². The van der Waals surface area contributed by atoms with Crippen LogP contribution in [0.25, 0.3) is 10.4 Å². The third-order valence-corrected chi connectivity index (χ3v) is 31.4. The number of rotatable bonds is 21. The molecule has 2 aliphatic heterocycles. The van der Waals surface area contributed by atoms with E-state index in [4.69, 9.17) is 46.4 Å². The van der Waals surface area contributed by atoms with Gasteiger partial charge in [0.2, 0.25) is 0 Å². The number of hydrogen-bond acceptors (Lipinski definition) is 14. The van der Waals surface area contributed by atoms with E-state index in [1.807, 2.05) is 133 Å². The largest absolute Gasteiger partial charge is 0.459 e. The second kappa shape index (κ2) is 27.6. The predicted molar refractivity (Wildman–Crippen MR) is 338 cm³/mol. The Morgan fingerprint density at radius 3 is 1.06 bits per heavy atom. The van der Waals surface area contributed by atoms with Gasteiger partial charge in [-0.05, 0) is 51.8 Å². The Morgan fingerprint density at radius 1 is 0.442 bits per heavy atom. The molecule has 0 spiro atoms. The van der Waals surface area contributed by atoms with Gasteiger partial charge in [0.25, 0.3) is 25.0 Å². The molecule has 2 aliphatic rings. The summed E-state index contributed by atoms with van der Waals surface area (Å²) in [5.74, 6) is -2.13. The van der Waals surface area contributed by atoms with E-state index in [9.17, 15) is 19.9 Å². The van der Waals surface area contributed by atoms with E-state index >= 15 is 0 Å². The van der Waals surface area contributed by atoms with Crippen molar-refractivity contribution in [1.29, 1.82) is 0 Å². The number of benzene rings is 6. The number of esters is 3. The van der Waals surface area contributed by atoms with Crippen LogP contribution < -0.4 is 31.1 Å². The van der Waals surface area contributed by atoms with Crippen molar-refractivity contribution in [3.63, 3.8) is 0 Å². The fraction of sp³-hybridized carbons (Fsp3) is 0.418. The van der Waals surface area contributed by atoms with E-state index in [-0.39, 0.29) is 13.2 Å². The van der Waals surface area contributed by atoms with E-state index in [1.165, 1.54) is 27.9 Å². The van der Waals surface area contributed by atoms with Gasteiger partial charge in [0, 0.05) is 32.8 Å². The number of nitrogens with zero attached hydrogens (tertiary/aromatic N) is 3. The molecular formula is C67H83N3O13Si3. The zero-order valence-corrected chi connectivity index (χ0v) is 54.7. The molecule has 0 unspecified atom stereocenters. The number of carbonyl (C=O) groups excluding carboxylic acids is 3. The monoisotopic (exact) mass is 1220 g/mol. The summed E-state index contributed by atoms with van der Waals surface area (Å²) in [5.41, 5.74) is 10.2. The summed E-state index contributed by atoms with van der Waals surface area (Å²) in [6.45, 7) is 22.6. The lowest BCUT2D eigenvalue weighted by atomic mass is 9.95. The minimum absolute atomic E-state index is 0.192. The molecule has 86 heavy (non-hydrogen) atoms. The number of methoxy groups -OCH3 is 1. The number of carbonyl (C=O) groups is 3. The average molecular weight is 1220 g/mol. The molecule has 16 nitrogen and oxygen atoms in total. The summed E-state index contributed by atoms with van der Waals surface area (Å²) in [5, 5.41) is 8.11. The van der Waals surface area contributed by atoms with Crippen LogP contribution in [0.3, 0.4) is 0 Å². The smallest absolute Gasteiger partial charge is 0.303 e. The molecule has 8 rings (SSSR count). The van der Waals surface area contributed by atoms with Crippen molar-refractivity contribution >= 4 is 74.0 Å². The summed E-state index contributed by atoms with van der Waals surface area (Å²) >= 11 is 0. The van der Waals surface area contributed by atoms with Gasteiger partial charge in [-0.25, -0.2) is 0 Å². The number of azide groups is 1. The number of ether oxygens (including phenoxy) is 7. The summed E-state index contributed by atoms with van der Waals surface area (Å²) in [7, 11) is -9.12. The third kappa shape index (κ3) is 13.6. The molecule has 0 bridgehead atoms. The van der Waals surface area contributed by atoms with E-state index in [1.54, 1.807) is 0 Å². The highest BCUT2D eigenvalue weighted by atomic mass is 28.4. The third-order valence-electron chi connectivity index (χ3n) is 16.3. The summed E-state index contributed by atoms with van der Waals surface area (Å²) in [6, 6.07) is 58.8. The highest BCUT2D eigenvalue weighted by molar-refractivity contribution is 7.00. The predicted octanol–water partition coefficient (Wildman–Crippen LogP) is 9.04. The first-order valence-electron chi connectivity index (χ1n) is 29.3. The molecule has 0 N–H and O–H groups in total. The summed E-state index contributed by atoms with van der Waals surface area (Å²) in [4.78, 5) is 44.8. The fourth-order valence-electron chi connectivity index (χ4n) is 12.8. The zero-order valence-electron chi connectivity index (χ0n) is 51.7. The molecule has 0 radical (unpaired) electrons. The maximum Gasteiger partial charge on any atom is 0.303 e. The maximum atomic E-state index is 14.1. The molecule has 456 valence electrons. The normalized spacial score (nSPS) is 23.1. The Bertz CT molecular complexity index is 3100. The first kappa shape index (κ1) is 65.4. The first-order valence-corrected chi connectivity index (χ1v) is 35.0. The molecule has 10 atom stereocenters. The Kier molecular flexibility index (Phi) is 21.0. The lowest BCUT2D eigenvalue weighted by molar-refractivity contribution is -0.345. The van der Waals surface area contributed by atoms with E-state index in [0.29, 0.717) is 0 Å². The van der Waals surface area contributed by atoms with Gasteiger partial charge in [-0.2, -0.15) is 0 Å². The van der Waals surface area contributed by atoms with Crippen molar-refractivity contribution in [3.8, 4) is 0 Å². The van der Waals surface area contributed by atoms with Crippen LogP contribution in [0.1, 0.15) is 83.1 Å². The fourth-order valence-corrected chi connectivity index (χ4v) is 26.6. The van der Waals surface area contributed by atoms with Crippen LogP contribution in [0.5, 0.6) is 0 Å². The summed E-state index contributed by atoms with van der Waals surface area (Å²) < 4.78 is 70.2. The quantitative estimate of drug-likeness (QED) is 0.0166. The van der Waals surface area contributed by atoms with Gasteiger partial charge in [0.05, 0.1) is 13.2 Å². The van der Waals surface area contributed by atoms with E-state index in [2.05, 4.69) is 121 Å². The Hall–Kier alpha value is -6.59. The maximum absolute atomic E-state index is 14.1. The van der Waals surface area contributed by atoms with Gasteiger partial charge >= 0.3 is 17.9 Å². The Labute approximate surface area is 509 Å². The molecule has 0 aliphatic carbocycles. The number of hydrogen-bond donors (Lipinski definition) is 0. The van der Waals surface area contributed by atoms with Crippen molar-refractivity contribution in [3.05, 3.63) is 192 Å². The van der Waals surface area contributed by atoms with Crippen molar-refractivity contribution in [2.24, 2.45) is 5.11 Å². The van der Waals surface area contributed by atoms with Gasteiger partial charge in [-0.1, -0.05) is 249 Å². The lowest BCUT2D eigenvalue weighted by Crippen LogP contribution is -2.74. The molecule has 0 aromatic heterocycles. The second-order valence-corrected chi connectivity index (χ2v) is 37.9. The molecule has 2 heterocycles. The van der Waals surface area contributed by atoms with Gasteiger partial charge < -0.3 is 46.4 Å². The van der Waals surface area contributed by atoms with Crippen LogP contribution in [-0.2, 0) is 60.8 Å². The zero-order chi connectivity index (χ0) is 62.1. The molecular weight excluding hydrogens is 1140 g/mol. The molecule has 0 amide bonds. The average Bonchev–Trinajstić information content (AvgIpc) is 1.16. The van der Waals surface area contributed by atoms with Crippen molar-refractivity contribution < 1.29 is 60.8 Å². The van der Waals surface area contributed by atoms with Gasteiger partial charge in [-0.3, -0.25) is 14.4 Å². The van der Waals surface area contributed by atoms with Crippen molar-refractivity contribution in [2.45, 2.75) is 160 Å². The lowest BCUT2D eigenvalue weighted by Gasteiger charge is -2.53.